The van der Waals surface area contributed by atoms with Crippen molar-refractivity contribution in [1.82, 2.24) is 5.32 Å². The van der Waals surface area contributed by atoms with Gasteiger partial charge in [0.05, 0.1) is 18.1 Å². The lowest BCUT2D eigenvalue weighted by Gasteiger charge is -2.13. The van der Waals surface area contributed by atoms with E-state index in [0.29, 0.717) is 22.9 Å². The SMILES string of the molecule is COc1cccc(C(O)CNCc2cc([N+](=O)[O-])ccc2Cl)c1. The molecule has 0 saturated heterocycles. The van der Waals surface area contributed by atoms with Crippen LogP contribution in [0.1, 0.15) is 17.2 Å². The molecule has 0 bridgehead atoms. The topological polar surface area (TPSA) is 84.6 Å². The van der Waals surface area contributed by atoms with Crippen LogP contribution in [0.4, 0.5) is 5.69 Å². The first-order valence-electron chi connectivity index (χ1n) is 6.97. The molecule has 0 aliphatic heterocycles. The molecule has 2 aromatic rings. The summed E-state index contributed by atoms with van der Waals surface area (Å²) in [5, 5.41) is 24.4. The van der Waals surface area contributed by atoms with E-state index in [2.05, 4.69) is 5.32 Å². The Balaban J connectivity index is 1.96. The summed E-state index contributed by atoms with van der Waals surface area (Å²) in [5.41, 5.74) is 1.32. The highest BCUT2D eigenvalue weighted by Crippen LogP contribution is 2.22. The third-order valence-electron chi connectivity index (χ3n) is 3.37. The van der Waals surface area contributed by atoms with E-state index in [9.17, 15) is 15.2 Å². The Bertz CT molecular complexity index is 694. The van der Waals surface area contributed by atoms with Crippen LogP contribution in [0.15, 0.2) is 42.5 Å². The summed E-state index contributed by atoms with van der Waals surface area (Å²) >= 11 is 6.03. The van der Waals surface area contributed by atoms with E-state index in [-0.39, 0.29) is 12.2 Å². The number of aliphatic hydroxyl groups is 1. The average molecular weight is 337 g/mol. The van der Waals surface area contributed by atoms with E-state index in [0.717, 1.165) is 5.56 Å². The van der Waals surface area contributed by atoms with Crippen LogP contribution < -0.4 is 10.1 Å². The second kappa shape index (κ2) is 7.92. The van der Waals surface area contributed by atoms with E-state index in [4.69, 9.17) is 16.3 Å². The predicted octanol–water partition coefficient (Wildman–Crippen LogP) is 3.08. The molecule has 6 nitrogen and oxygen atoms in total. The van der Waals surface area contributed by atoms with E-state index in [1.54, 1.807) is 31.4 Å². The van der Waals surface area contributed by atoms with Crippen molar-refractivity contribution in [2.75, 3.05) is 13.7 Å². The van der Waals surface area contributed by atoms with Crippen LogP contribution in [0.2, 0.25) is 5.02 Å². The van der Waals surface area contributed by atoms with Crippen molar-refractivity contribution in [2.24, 2.45) is 0 Å². The van der Waals surface area contributed by atoms with Gasteiger partial charge in [0.2, 0.25) is 0 Å². The molecule has 2 rings (SSSR count). The van der Waals surface area contributed by atoms with E-state index in [1.165, 1.54) is 18.2 Å². The molecule has 7 heteroatoms. The van der Waals surface area contributed by atoms with Crippen LogP contribution in [0, 0.1) is 10.1 Å². The van der Waals surface area contributed by atoms with Crippen LogP contribution in [-0.4, -0.2) is 23.7 Å². The molecule has 0 amide bonds. The van der Waals surface area contributed by atoms with Crippen molar-refractivity contribution in [3.8, 4) is 5.75 Å². The van der Waals surface area contributed by atoms with Crippen molar-refractivity contribution in [3.05, 3.63) is 68.7 Å². The molecule has 0 spiro atoms. The van der Waals surface area contributed by atoms with Gasteiger partial charge in [0.25, 0.3) is 5.69 Å². The molecule has 0 aliphatic carbocycles. The van der Waals surface area contributed by atoms with Gasteiger partial charge < -0.3 is 15.2 Å². The number of benzene rings is 2. The summed E-state index contributed by atoms with van der Waals surface area (Å²) < 4.78 is 5.12. The van der Waals surface area contributed by atoms with Gasteiger partial charge in [-0.2, -0.15) is 0 Å². The molecule has 0 fully saturated rings. The second-order valence-corrected chi connectivity index (χ2v) is 5.36. The van der Waals surface area contributed by atoms with E-state index >= 15 is 0 Å². The molecule has 1 unspecified atom stereocenters. The number of halogens is 1. The van der Waals surface area contributed by atoms with Crippen LogP contribution in [-0.2, 0) is 6.54 Å². The first-order valence-corrected chi connectivity index (χ1v) is 7.34. The Hall–Kier alpha value is -2.15. The zero-order valence-corrected chi connectivity index (χ0v) is 13.3. The third-order valence-corrected chi connectivity index (χ3v) is 3.74. The predicted molar refractivity (Wildman–Crippen MR) is 87.8 cm³/mol. The molecule has 122 valence electrons. The molecular formula is C16H17ClN2O4. The maximum Gasteiger partial charge on any atom is 0.269 e. The molecule has 0 aromatic heterocycles. The number of nitrogens with zero attached hydrogens (tertiary/aromatic N) is 1. The fraction of sp³-hybridized carbons (Fsp3) is 0.250. The van der Waals surface area contributed by atoms with Gasteiger partial charge >= 0.3 is 0 Å². The minimum Gasteiger partial charge on any atom is -0.497 e. The molecule has 0 radical (unpaired) electrons. The monoisotopic (exact) mass is 336 g/mol. The maximum absolute atomic E-state index is 10.8. The van der Waals surface area contributed by atoms with Crippen LogP contribution in [0.25, 0.3) is 0 Å². The van der Waals surface area contributed by atoms with Gasteiger partial charge in [0, 0.05) is 30.2 Å². The van der Waals surface area contributed by atoms with Crippen molar-refractivity contribution in [3.63, 3.8) is 0 Å². The molecule has 1 atom stereocenters. The molecule has 2 N–H and O–H groups in total. The lowest BCUT2D eigenvalue weighted by atomic mass is 10.1. The standard InChI is InChI=1S/C16H17ClN2O4/c1-23-14-4-2-3-11(8-14)16(20)10-18-9-12-7-13(19(21)22)5-6-15(12)17/h2-8,16,18,20H,9-10H2,1H3. The van der Waals surface area contributed by atoms with Crippen molar-refractivity contribution < 1.29 is 14.8 Å². The summed E-state index contributed by atoms with van der Waals surface area (Å²) in [6, 6.07) is 11.4. The zero-order chi connectivity index (χ0) is 16.8. The highest BCUT2D eigenvalue weighted by atomic mass is 35.5. The number of nitro groups is 1. The molecule has 0 aliphatic rings. The Morgan fingerprint density at radius 2 is 2.13 bits per heavy atom. The maximum atomic E-state index is 10.8. The molecule has 2 aromatic carbocycles. The number of nitro benzene ring substituents is 1. The number of ether oxygens (including phenoxy) is 1. The Morgan fingerprint density at radius 3 is 2.83 bits per heavy atom. The van der Waals surface area contributed by atoms with Gasteiger partial charge in [-0.25, -0.2) is 0 Å². The largest absolute Gasteiger partial charge is 0.497 e. The smallest absolute Gasteiger partial charge is 0.269 e. The Labute approximate surface area is 138 Å². The number of non-ortho nitro benzene ring substituents is 1. The minimum absolute atomic E-state index is 0.0143. The number of aliphatic hydroxyl groups excluding tert-OH is 1. The Kier molecular flexibility index (Phi) is 5.92. The van der Waals surface area contributed by atoms with Crippen LogP contribution in [0.5, 0.6) is 5.75 Å². The average Bonchev–Trinajstić information content (AvgIpc) is 2.56. The summed E-state index contributed by atoms with van der Waals surface area (Å²) in [6.45, 7) is 0.605. The molecule has 0 heterocycles. The van der Waals surface area contributed by atoms with Crippen LogP contribution in [0.3, 0.4) is 0 Å². The van der Waals surface area contributed by atoms with Crippen molar-refractivity contribution in [2.45, 2.75) is 12.6 Å². The third kappa shape index (κ3) is 4.66. The summed E-state index contributed by atoms with van der Waals surface area (Å²) in [5.74, 6) is 0.670. The fourth-order valence-corrected chi connectivity index (χ4v) is 2.30. The van der Waals surface area contributed by atoms with Gasteiger partial charge in [0.15, 0.2) is 0 Å². The highest BCUT2D eigenvalue weighted by molar-refractivity contribution is 6.31. The second-order valence-electron chi connectivity index (χ2n) is 4.96. The van der Waals surface area contributed by atoms with E-state index in [1.807, 2.05) is 0 Å². The van der Waals surface area contributed by atoms with Gasteiger partial charge in [-0.15, -0.1) is 0 Å². The first kappa shape index (κ1) is 17.2. The summed E-state index contributed by atoms with van der Waals surface area (Å²) in [6.07, 6.45) is -0.720. The van der Waals surface area contributed by atoms with Gasteiger partial charge in [-0.3, -0.25) is 10.1 Å². The quantitative estimate of drug-likeness (QED) is 0.599. The first-order chi connectivity index (χ1) is 11.0. The number of hydrogen-bond donors (Lipinski definition) is 2. The highest BCUT2D eigenvalue weighted by Gasteiger charge is 2.11. The molecule has 23 heavy (non-hydrogen) atoms. The summed E-state index contributed by atoms with van der Waals surface area (Å²) in [7, 11) is 1.56. The van der Waals surface area contributed by atoms with Crippen molar-refractivity contribution >= 4 is 17.3 Å². The number of rotatable bonds is 7. The Morgan fingerprint density at radius 1 is 1.35 bits per heavy atom. The lowest BCUT2D eigenvalue weighted by Crippen LogP contribution is -2.21. The van der Waals surface area contributed by atoms with Gasteiger partial charge in [-0.1, -0.05) is 23.7 Å². The molecular weight excluding hydrogens is 320 g/mol. The van der Waals surface area contributed by atoms with Gasteiger partial charge in [-0.05, 0) is 29.3 Å². The lowest BCUT2D eigenvalue weighted by molar-refractivity contribution is -0.384. The normalized spacial score (nSPS) is 12.0. The zero-order valence-electron chi connectivity index (χ0n) is 12.5. The number of methoxy groups -OCH3 is 1. The minimum atomic E-state index is -0.720. The number of hydrogen-bond acceptors (Lipinski definition) is 5. The van der Waals surface area contributed by atoms with E-state index < -0.39 is 11.0 Å². The fourth-order valence-electron chi connectivity index (χ4n) is 2.12. The molecule has 0 saturated carbocycles. The summed E-state index contributed by atoms with van der Waals surface area (Å²) in [4.78, 5) is 10.3. The van der Waals surface area contributed by atoms with Crippen molar-refractivity contribution in [1.29, 1.82) is 0 Å². The van der Waals surface area contributed by atoms with Crippen LogP contribution >= 0.6 is 11.6 Å². The number of nitrogens with one attached hydrogen (secondary N) is 1. The van der Waals surface area contributed by atoms with Gasteiger partial charge in [0.1, 0.15) is 5.75 Å².